The van der Waals surface area contributed by atoms with E-state index in [2.05, 4.69) is 13.2 Å². The molecule has 0 aliphatic heterocycles. The standard InChI is InChI=1S/C17H28O5/c1-10(2)16(19)21-12(5)8-15(14(7)18)9-13(6)22-17(20)11(3)4/h12-15,18H,1,3,8-9H2,2,4-7H3. The summed E-state index contributed by atoms with van der Waals surface area (Å²) >= 11 is 0. The van der Waals surface area contributed by atoms with Crippen molar-refractivity contribution in [2.24, 2.45) is 5.92 Å². The number of hydrogen-bond donors (Lipinski definition) is 1. The summed E-state index contributed by atoms with van der Waals surface area (Å²) in [5.41, 5.74) is 0.674. The minimum Gasteiger partial charge on any atom is -0.459 e. The number of hydrogen-bond acceptors (Lipinski definition) is 5. The van der Waals surface area contributed by atoms with Crippen molar-refractivity contribution in [1.29, 1.82) is 0 Å². The van der Waals surface area contributed by atoms with Crippen LogP contribution >= 0.6 is 0 Å². The highest BCUT2D eigenvalue weighted by Crippen LogP contribution is 2.21. The molecule has 0 aromatic carbocycles. The van der Waals surface area contributed by atoms with E-state index in [9.17, 15) is 14.7 Å². The summed E-state index contributed by atoms with van der Waals surface area (Å²) in [7, 11) is 0. The molecule has 126 valence electrons. The van der Waals surface area contributed by atoms with Gasteiger partial charge in [-0.25, -0.2) is 9.59 Å². The summed E-state index contributed by atoms with van der Waals surface area (Å²) < 4.78 is 10.4. The lowest BCUT2D eigenvalue weighted by Crippen LogP contribution is -2.29. The van der Waals surface area contributed by atoms with Gasteiger partial charge in [0.25, 0.3) is 0 Å². The monoisotopic (exact) mass is 312 g/mol. The Labute approximate surface area is 133 Å². The molecule has 5 heteroatoms. The van der Waals surface area contributed by atoms with E-state index in [0.29, 0.717) is 24.0 Å². The third kappa shape index (κ3) is 7.98. The summed E-state index contributed by atoms with van der Waals surface area (Å²) in [6.45, 7) is 15.4. The highest BCUT2D eigenvalue weighted by molar-refractivity contribution is 5.87. The Morgan fingerprint density at radius 3 is 1.45 bits per heavy atom. The smallest absolute Gasteiger partial charge is 0.333 e. The zero-order valence-electron chi connectivity index (χ0n) is 14.2. The Morgan fingerprint density at radius 1 is 0.909 bits per heavy atom. The zero-order chi connectivity index (χ0) is 17.4. The summed E-state index contributed by atoms with van der Waals surface area (Å²) in [6, 6.07) is 0. The molecule has 0 spiro atoms. The minimum absolute atomic E-state index is 0.152. The van der Waals surface area contributed by atoms with Gasteiger partial charge in [0.1, 0.15) is 0 Å². The normalized spacial score (nSPS) is 16.1. The topological polar surface area (TPSA) is 72.8 Å². The second-order valence-electron chi connectivity index (χ2n) is 5.96. The van der Waals surface area contributed by atoms with Crippen LogP contribution in [0.25, 0.3) is 0 Å². The molecule has 0 fully saturated rings. The number of esters is 2. The molecule has 0 aromatic rings. The van der Waals surface area contributed by atoms with Gasteiger partial charge in [-0.3, -0.25) is 0 Å². The van der Waals surface area contributed by atoms with Gasteiger partial charge in [-0.05, 0) is 53.4 Å². The second-order valence-corrected chi connectivity index (χ2v) is 5.96. The second kappa shape index (κ2) is 9.41. The van der Waals surface area contributed by atoms with E-state index in [1.54, 1.807) is 34.6 Å². The molecule has 0 radical (unpaired) electrons. The maximum absolute atomic E-state index is 11.5. The molecule has 1 N–H and O–H groups in total. The molecule has 0 aliphatic rings. The molecule has 0 aromatic heterocycles. The SMILES string of the molecule is C=C(C)C(=O)OC(C)CC(CC(C)OC(=O)C(=C)C)C(C)O. The van der Waals surface area contributed by atoms with Gasteiger partial charge in [0, 0.05) is 11.1 Å². The molecule has 0 rings (SSSR count). The van der Waals surface area contributed by atoms with Crippen LogP contribution in [0.5, 0.6) is 0 Å². The van der Waals surface area contributed by atoms with Gasteiger partial charge < -0.3 is 14.6 Å². The van der Waals surface area contributed by atoms with Crippen molar-refractivity contribution in [3.63, 3.8) is 0 Å². The van der Waals surface area contributed by atoms with E-state index in [4.69, 9.17) is 9.47 Å². The molecular formula is C17H28O5. The Hall–Kier alpha value is -1.62. The fourth-order valence-corrected chi connectivity index (χ4v) is 2.01. The van der Waals surface area contributed by atoms with Gasteiger partial charge >= 0.3 is 11.9 Å². The van der Waals surface area contributed by atoms with Crippen LogP contribution in [0, 0.1) is 5.92 Å². The lowest BCUT2D eigenvalue weighted by molar-refractivity contribution is -0.145. The highest BCUT2D eigenvalue weighted by atomic mass is 16.5. The molecular weight excluding hydrogens is 284 g/mol. The predicted molar refractivity (Wildman–Crippen MR) is 85.1 cm³/mol. The van der Waals surface area contributed by atoms with Gasteiger partial charge in [-0.2, -0.15) is 0 Å². The molecule has 0 saturated carbocycles. The number of ether oxygens (including phenoxy) is 2. The van der Waals surface area contributed by atoms with Crippen LogP contribution in [0.2, 0.25) is 0 Å². The number of rotatable bonds is 9. The summed E-state index contributed by atoms with van der Waals surface area (Å²) in [5.74, 6) is -1.04. The average molecular weight is 312 g/mol. The van der Waals surface area contributed by atoms with Crippen molar-refractivity contribution in [2.45, 2.75) is 65.8 Å². The van der Waals surface area contributed by atoms with Gasteiger partial charge in [0.05, 0.1) is 18.3 Å². The summed E-state index contributed by atoms with van der Waals surface area (Å²) in [6.07, 6.45) is -0.352. The first-order chi connectivity index (χ1) is 10.0. The van der Waals surface area contributed by atoms with Crippen LogP contribution in [-0.2, 0) is 19.1 Å². The number of aliphatic hydroxyl groups excluding tert-OH is 1. The van der Waals surface area contributed by atoms with Crippen LogP contribution in [0.1, 0.15) is 47.5 Å². The maximum Gasteiger partial charge on any atom is 0.333 e. The van der Waals surface area contributed by atoms with E-state index < -0.39 is 18.0 Å². The Morgan fingerprint density at radius 2 is 1.23 bits per heavy atom. The van der Waals surface area contributed by atoms with Gasteiger partial charge in [-0.1, -0.05) is 13.2 Å². The van der Waals surface area contributed by atoms with Crippen molar-refractivity contribution in [3.8, 4) is 0 Å². The predicted octanol–water partition coefficient (Wildman–Crippen LogP) is 2.78. The number of carbonyl (C=O) groups is 2. The highest BCUT2D eigenvalue weighted by Gasteiger charge is 2.24. The molecule has 3 unspecified atom stereocenters. The molecule has 0 amide bonds. The molecule has 5 nitrogen and oxygen atoms in total. The van der Waals surface area contributed by atoms with Crippen molar-refractivity contribution < 1.29 is 24.2 Å². The molecule has 0 aliphatic carbocycles. The summed E-state index contributed by atoms with van der Waals surface area (Å²) in [4.78, 5) is 23.0. The lowest BCUT2D eigenvalue weighted by atomic mass is 9.91. The molecule has 22 heavy (non-hydrogen) atoms. The zero-order valence-corrected chi connectivity index (χ0v) is 14.2. The van der Waals surface area contributed by atoms with Crippen LogP contribution < -0.4 is 0 Å². The molecule has 0 heterocycles. The first-order valence-electron chi connectivity index (χ1n) is 7.45. The van der Waals surface area contributed by atoms with E-state index in [-0.39, 0.29) is 18.1 Å². The fourth-order valence-electron chi connectivity index (χ4n) is 2.01. The quantitative estimate of drug-likeness (QED) is 0.523. The van der Waals surface area contributed by atoms with E-state index in [0.717, 1.165) is 0 Å². The molecule has 0 bridgehead atoms. The Balaban J connectivity index is 4.54. The first kappa shape index (κ1) is 20.4. The third-order valence-electron chi connectivity index (χ3n) is 3.26. The van der Waals surface area contributed by atoms with Crippen LogP contribution in [0.4, 0.5) is 0 Å². The van der Waals surface area contributed by atoms with Crippen LogP contribution in [-0.4, -0.2) is 35.4 Å². The number of carbonyl (C=O) groups excluding carboxylic acids is 2. The maximum atomic E-state index is 11.5. The lowest BCUT2D eigenvalue weighted by Gasteiger charge is -2.26. The van der Waals surface area contributed by atoms with E-state index in [1.807, 2.05) is 0 Å². The van der Waals surface area contributed by atoms with Crippen molar-refractivity contribution in [1.82, 2.24) is 0 Å². The fraction of sp³-hybridized carbons (Fsp3) is 0.647. The molecule has 3 atom stereocenters. The van der Waals surface area contributed by atoms with Crippen molar-refractivity contribution in [2.75, 3.05) is 0 Å². The minimum atomic E-state index is -0.600. The van der Waals surface area contributed by atoms with Gasteiger partial charge in [-0.15, -0.1) is 0 Å². The first-order valence-corrected chi connectivity index (χ1v) is 7.45. The summed E-state index contributed by atoms with van der Waals surface area (Å²) in [5, 5.41) is 9.88. The van der Waals surface area contributed by atoms with Crippen LogP contribution in [0.3, 0.4) is 0 Å². The average Bonchev–Trinajstić information content (AvgIpc) is 2.36. The van der Waals surface area contributed by atoms with Gasteiger partial charge in [0.15, 0.2) is 0 Å². The van der Waals surface area contributed by atoms with Crippen LogP contribution in [0.15, 0.2) is 24.3 Å². The van der Waals surface area contributed by atoms with E-state index >= 15 is 0 Å². The Kier molecular flexibility index (Phi) is 8.72. The van der Waals surface area contributed by atoms with Crippen molar-refractivity contribution >= 4 is 11.9 Å². The largest absolute Gasteiger partial charge is 0.459 e. The molecule has 0 saturated heterocycles. The van der Waals surface area contributed by atoms with Gasteiger partial charge in [0.2, 0.25) is 0 Å². The van der Waals surface area contributed by atoms with Crippen molar-refractivity contribution in [3.05, 3.63) is 24.3 Å². The Bertz CT molecular complexity index is 389. The van der Waals surface area contributed by atoms with E-state index in [1.165, 1.54) is 0 Å². The third-order valence-corrected chi connectivity index (χ3v) is 3.26. The number of aliphatic hydroxyl groups is 1.